The Kier molecular flexibility index (Phi) is 4.89. The van der Waals surface area contributed by atoms with Crippen LogP contribution in [0.5, 0.6) is 0 Å². The van der Waals surface area contributed by atoms with E-state index in [1.807, 2.05) is 5.38 Å². The van der Waals surface area contributed by atoms with Gasteiger partial charge in [-0.1, -0.05) is 12.1 Å². The van der Waals surface area contributed by atoms with Crippen LogP contribution in [0.2, 0.25) is 0 Å². The number of hydrogen-bond acceptors (Lipinski definition) is 5. The van der Waals surface area contributed by atoms with Crippen molar-refractivity contribution in [1.82, 2.24) is 14.5 Å². The van der Waals surface area contributed by atoms with Crippen LogP contribution in [0.15, 0.2) is 45.4 Å². The first-order valence-electron chi connectivity index (χ1n) is 9.04. The van der Waals surface area contributed by atoms with Crippen molar-refractivity contribution in [2.45, 2.75) is 32.2 Å². The Morgan fingerprint density at radius 2 is 2.00 bits per heavy atom. The molecule has 4 rings (SSSR count). The third-order valence-electron chi connectivity index (χ3n) is 5.21. The van der Waals surface area contributed by atoms with Gasteiger partial charge in [-0.2, -0.15) is 0 Å². The van der Waals surface area contributed by atoms with Crippen LogP contribution in [-0.4, -0.2) is 20.4 Å². The second-order valence-electron chi connectivity index (χ2n) is 6.94. The van der Waals surface area contributed by atoms with E-state index >= 15 is 0 Å². The molecule has 2 N–H and O–H groups in total. The van der Waals surface area contributed by atoms with Gasteiger partial charge in [-0.3, -0.25) is 14.2 Å². The molecular formula is C19H20N4O3S. The van der Waals surface area contributed by atoms with E-state index in [1.165, 1.54) is 15.9 Å². The van der Waals surface area contributed by atoms with Gasteiger partial charge in [0.2, 0.25) is 5.91 Å². The Morgan fingerprint density at radius 1 is 1.22 bits per heavy atom. The number of thiazole rings is 1. The third-order valence-corrected chi connectivity index (χ3v) is 5.90. The molecule has 1 amide bonds. The number of fused-ring (bicyclic) bond motifs is 1. The fraction of sp³-hybridized carbons (Fsp3) is 0.368. The predicted octanol–water partition coefficient (Wildman–Crippen LogP) is 2.59. The molecule has 0 unspecified atom stereocenters. The van der Waals surface area contributed by atoms with Gasteiger partial charge >= 0.3 is 5.69 Å². The Hall–Kier alpha value is -2.74. The van der Waals surface area contributed by atoms with Crippen LogP contribution in [0.4, 0.5) is 5.13 Å². The number of nitrogens with zero attached hydrogens (tertiary/aromatic N) is 2. The number of hydrogen-bond donors (Lipinski definition) is 2. The summed E-state index contributed by atoms with van der Waals surface area (Å²) in [4.78, 5) is 44.1. The standard InChI is InChI=1S/C19H20N4O3S/c24-16(22-18-20-9-10-27-18)13-7-5-12(6-8-13)11-23-17(25)14-3-1-2-4-15(14)21-19(23)26/h1-4,9-10,12-13H,5-8,11H2,(H,21,26)(H,20,22,24). The maximum Gasteiger partial charge on any atom is 0.328 e. The van der Waals surface area contributed by atoms with Crippen molar-refractivity contribution in [3.05, 3.63) is 56.7 Å². The van der Waals surface area contributed by atoms with Gasteiger partial charge in [-0.05, 0) is 43.7 Å². The van der Waals surface area contributed by atoms with Gasteiger partial charge in [0, 0.05) is 24.0 Å². The van der Waals surface area contributed by atoms with Crippen molar-refractivity contribution < 1.29 is 4.79 Å². The third kappa shape index (κ3) is 3.71. The number of aromatic nitrogens is 3. The van der Waals surface area contributed by atoms with E-state index in [2.05, 4.69) is 15.3 Å². The molecule has 0 atom stereocenters. The zero-order chi connectivity index (χ0) is 18.8. The lowest BCUT2D eigenvalue weighted by atomic mass is 9.81. The average Bonchev–Trinajstić information content (AvgIpc) is 3.18. The summed E-state index contributed by atoms with van der Waals surface area (Å²) in [6, 6.07) is 7.04. The number of anilines is 1. The molecule has 1 saturated carbocycles. The van der Waals surface area contributed by atoms with E-state index in [9.17, 15) is 14.4 Å². The highest BCUT2D eigenvalue weighted by atomic mass is 32.1. The first-order chi connectivity index (χ1) is 13.1. The van der Waals surface area contributed by atoms with Crippen molar-refractivity contribution in [2.75, 3.05) is 5.32 Å². The van der Waals surface area contributed by atoms with E-state index < -0.39 is 0 Å². The molecule has 0 spiro atoms. The number of carbonyl (C=O) groups is 1. The predicted molar refractivity (Wildman–Crippen MR) is 105 cm³/mol. The lowest BCUT2D eigenvalue weighted by Gasteiger charge is -2.27. The lowest BCUT2D eigenvalue weighted by molar-refractivity contribution is -0.121. The summed E-state index contributed by atoms with van der Waals surface area (Å²) >= 11 is 1.40. The van der Waals surface area contributed by atoms with Crippen molar-refractivity contribution in [3.8, 4) is 0 Å². The van der Waals surface area contributed by atoms with Gasteiger partial charge in [0.25, 0.3) is 5.56 Å². The molecular weight excluding hydrogens is 364 g/mol. The number of aromatic amines is 1. The smallest absolute Gasteiger partial charge is 0.307 e. The summed E-state index contributed by atoms with van der Waals surface area (Å²) < 4.78 is 1.29. The van der Waals surface area contributed by atoms with Crippen LogP contribution in [-0.2, 0) is 11.3 Å². The maximum atomic E-state index is 12.6. The second kappa shape index (κ2) is 7.48. The number of benzene rings is 1. The topological polar surface area (TPSA) is 96.8 Å². The minimum absolute atomic E-state index is 0.00381. The van der Waals surface area contributed by atoms with Crippen molar-refractivity contribution >= 4 is 33.3 Å². The average molecular weight is 384 g/mol. The van der Waals surface area contributed by atoms with Crippen LogP contribution >= 0.6 is 11.3 Å². The van der Waals surface area contributed by atoms with Crippen LogP contribution < -0.4 is 16.6 Å². The van der Waals surface area contributed by atoms with Crippen LogP contribution in [0.1, 0.15) is 25.7 Å². The van der Waals surface area contributed by atoms with Gasteiger partial charge < -0.3 is 10.3 Å². The molecule has 7 nitrogen and oxygen atoms in total. The molecule has 1 aliphatic carbocycles. The first-order valence-corrected chi connectivity index (χ1v) is 9.92. The van der Waals surface area contributed by atoms with Gasteiger partial charge in [0.05, 0.1) is 10.9 Å². The highest BCUT2D eigenvalue weighted by molar-refractivity contribution is 7.13. The largest absolute Gasteiger partial charge is 0.328 e. The van der Waals surface area contributed by atoms with Crippen molar-refractivity contribution in [3.63, 3.8) is 0 Å². The lowest BCUT2D eigenvalue weighted by Crippen LogP contribution is -2.38. The van der Waals surface area contributed by atoms with Crippen LogP contribution in [0, 0.1) is 11.8 Å². The summed E-state index contributed by atoms with van der Waals surface area (Å²) in [7, 11) is 0. The SMILES string of the molecule is O=C(Nc1nccs1)C1CCC(Cn2c(=O)[nH]c3ccccc3c2=O)CC1. The van der Waals surface area contributed by atoms with E-state index in [0.717, 1.165) is 25.7 Å². The van der Waals surface area contributed by atoms with Crippen LogP contribution in [0.25, 0.3) is 10.9 Å². The summed E-state index contributed by atoms with van der Waals surface area (Å²) in [5, 5.41) is 5.82. The minimum Gasteiger partial charge on any atom is -0.307 e. The zero-order valence-electron chi connectivity index (χ0n) is 14.7. The number of H-pyrrole nitrogens is 1. The minimum atomic E-state index is -0.373. The Labute approximate surface area is 159 Å². The molecule has 1 aliphatic rings. The van der Waals surface area contributed by atoms with Crippen molar-refractivity contribution in [1.29, 1.82) is 0 Å². The fourth-order valence-electron chi connectivity index (χ4n) is 3.72. The first kappa shape index (κ1) is 17.7. The molecule has 0 saturated heterocycles. The molecule has 2 aromatic heterocycles. The van der Waals surface area contributed by atoms with Gasteiger partial charge in [-0.25, -0.2) is 9.78 Å². The highest BCUT2D eigenvalue weighted by Gasteiger charge is 2.27. The Bertz CT molecular complexity index is 1060. The van der Waals surface area contributed by atoms with E-state index in [0.29, 0.717) is 22.6 Å². The number of nitrogens with one attached hydrogen (secondary N) is 2. The molecule has 140 valence electrons. The summed E-state index contributed by atoms with van der Waals surface area (Å²) in [5.74, 6) is 0.176. The van der Waals surface area contributed by atoms with E-state index in [1.54, 1.807) is 30.5 Å². The normalized spacial score (nSPS) is 19.9. The number of para-hydroxylation sites is 1. The van der Waals surface area contributed by atoms with Gasteiger partial charge in [0.1, 0.15) is 0 Å². The molecule has 2 heterocycles. The Balaban J connectivity index is 1.42. The highest BCUT2D eigenvalue weighted by Crippen LogP contribution is 2.30. The zero-order valence-corrected chi connectivity index (χ0v) is 15.5. The van der Waals surface area contributed by atoms with E-state index in [4.69, 9.17) is 0 Å². The molecule has 0 bridgehead atoms. The van der Waals surface area contributed by atoms with Crippen LogP contribution in [0.3, 0.4) is 0 Å². The number of carbonyl (C=O) groups excluding carboxylic acids is 1. The monoisotopic (exact) mass is 384 g/mol. The van der Waals surface area contributed by atoms with E-state index in [-0.39, 0.29) is 29.0 Å². The molecule has 1 fully saturated rings. The molecule has 1 aromatic carbocycles. The molecule has 0 aliphatic heterocycles. The summed E-state index contributed by atoms with van der Waals surface area (Å²) in [6.45, 7) is 0.389. The quantitative estimate of drug-likeness (QED) is 0.722. The van der Waals surface area contributed by atoms with Gasteiger partial charge in [0.15, 0.2) is 5.13 Å². The Morgan fingerprint density at radius 3 is 2.74 bits per heavy atom. The van der Waals surface area contributed by atoms with Gasteiger partial charge in [-0.15, -0.1) is 11.3 Å². The summed E-state index contributed by atoms with van der Waals surface area (Å²) in [5.41, 5.74) is -0.0633. The number of rotatable bonds is 4. The number of amides is 1. The molecule has 0 radical (unpaired) electrons. The fourth-order valence-corrected chi connectivity index (χ4v) is 4.25. The molecule has 3 aromatic rings. The summed E-state index contributed by atoms with van der Waals surface area (Å²) in [6.07, 6.45) is 4.80. The molecule has 27 heavy (non-hydrogen) atoms. The van der Waals surface area contributed by atoms with Crippen molar-refractivity contribution in [2.24, 2.45) is 11.8 Å². The second-order valence-corrected chi connectivity index (χ2v) is 7.83. The maximum absolute atomic E-state index is 12.6. The molecule has 8 heteroatoms.